The van der Waals surface area contributed by atoms with Gasteiger partial charge in [-0.1, -0.05) is 0 Å². The van der Waals surface area contributed by atoms with Gasteiger partial charge in [-0.15, -0.1) is 0 Å². The fourth-order valence-corrected chi connectivity index (χ4v) is 0.693. The zero-order valence-corrected chi connectivity index (χ0v) is 7.54. The Bertz CT molecular complexity index is 191. The Morgan fingerprint density at radius 1 is 1.38 bits per heavy atom. The van der Waals surface area contributed by atoms with Gasteiger partial charge in [0.25, 0.3) is 0 Å². The predicted molar refractivity (Wildman–Crippen MR) is 44.9 cm³/mol. The first-order valence-electron chi connectivity index (χ1n) is 4.06. The maximum atomic E-state index is 10.8. The van der Waals surface area contributed by atoms with Crippen molar-refractivity contribution in [2.75, 3.05) is 13.2 Å². The predicted octanol–water partition coefficient (Wildman–Crippen LogP) is -0.355. The molecule has 74 valence electrons. The number of hydrogen-bond acceptors (Lipinski definition) is 4. The van der Waals surface area contributed by atoms with Crippen LogP contribution in [0.4, 0.5) is 0 Å². The summed E-state index contributed by atoms with van der Waals surface area (Å²) in [5, 5.41) is 2.32. The van der Waals surface area contributed by atoms with Crippen LogP contribution in [-0.2, 0) is 19.1 Å². The minimum absolute atomic E-state index is 0.0122. The van der Waals surface area contributed by atoms with Crippen LogP contribution in [-0.4, -0.2) is 31.3 Å². The minimum atomic E-state index is -0.399. The normalized spacial score (nSPS) is 9.00. The standard InChI is InChI=1S/C8H13NO4/c1-2-13-8(12)4-3-7(11)9-5-6-10/h6H,2-5H2,1H3,(H,9,11). The van der Waals surface area contributed by atoms with Crippen LogP contribution in [0.3, 0.4) is 0 Å². The number of carbonyl (C=O) groups is 3. The maximum absolute atomic E-state index is 10.8. The number of esters is 1. The van der Waals surface area contributed by atoms with Crippen molar-refractivity contribution in [2.45, 2.75) is 19.8 Å². The molecule has 5 heteroatoms. The quantitative estimate of drug-likeness (QED) is 0.455. The van der Waals surface area contributed by atoms with E-state index in [-0.39, 0.29) is 25.3 Å². The van der Waals surface area contributed by atoms with E-state index in [0.717, 1.165) is 0 Å². The van der Waals surface area contributed by atoms with Gasteiger partial charge in [0.15, 0.2) is 0 Å². The average molecular weight is 187 g/mol. The molecule has 0 aliphatic carbocycles. The first kappa shape index (κ1) is 11.6. The highest BCUT2D eigenvalue weighted by Crippen LogP contribution is 1.92. The van der Waals surface area contributed by atoms with Gasteiger partial charge in [-0.05, 0) is 6.92 Å². The third-order valence-corrected chi connectivity index (χ3v) is 1.24. The van der Waals surface area contributed by atoms with Crippen molar-refractivity contribution in [3.8, 4) is 0 Å². The van der Waals surface area contributed by atoms with Gasteiger partial charge in [-0.3, -0.25) is 9.59 Å². The Morgan fingerprint density at radius 2 is 2.08 bits per heavy atom. The van der Waals surface area contributed by atoms with Gasteiger partial charge in [-0.25, -0.2) is 0 Å². The molecule has 0 bridgehead atoms. The topological polar surface area (TPSA) is 72.5 Å². The highest BCUT2D eigenvalue weighted by Gasteiger charge is 2.05. The van der Waals surface area contributed by atoms with Crippen LogP contribution in [0.1, 0.15) is 19.8 Å². The second-order valence-electron chi connectivity index (χ2n) is 2.28. The van der Waals surface area contributed by atoms with Crippen LogP contribution in [0.25, 0.3) is 0 Å². The van der Waals surface area contributed by atoms with Crippen LogP contribution in [0, 0.1) is 0 Å². The average Bonchev–Trinajstić information content (AvgIpc) is 2.12. The molecule has 0 aliphatic rings. The Labute approximate surface area is 76.4 Å². The maximum Gasteiger partial charge on any atom is 0.306 e. The number of amides is 1. The molecule has 0 saturated carbocycles. The second kappa shape index (κ2) is 7.27. The molecule has 0 unspecified atom stereocenters. The largest absolute Gasteiger partial charge is 0.466 e. The van der Waals surface area contributed by atoms with Crippen molar-refractivity contribution < 1.29 is 19.1 Å². The van der Waals surface area contributed by atoms with E-state index in [1.54, 1.807) is 6.92 Å². The van der Waals surface area contributed by atoms with Gasteiger partial charge in [0.1, 0.15) is 6.29 Å². The van der Waals surface area contributed by atoms with Gasteiger partial charge < -0.3 is 14.8 Å². The van der Waals surface area contributed by atoms with E-state index < -0.39 is 5.97 Å². The number of rotatable bonds is 6. The van der Waals surface area contributed by atoms with Gasteiger partial charge in [0, 0.05) is 6.42 Å². The molecule has 0 aromatic heterocycles. The van der Waals surface area contributed by atoms with Crippen molar-refractivity contribution in [1.82, 2.24) is 5.32 Å². The molecule has 0 aromatic rings. The molecule has 1 N–H and O–H groups in total. The molecule has 0 heterocycles. The molecule has 0 aromatic carbocycles. The lowest BCUT2D eigenvalue weighted by atomic mass is 10.3. The van der Waals surface area contributed by atoms with E-state index in [1.165, 1.54) is 0 Å². The first-order chi connectivity index (χ1) is 6.20. The summed E-state index contributed by atoms with van der Waals surface area (Å²) in [5.74, 6) is -0.719. The number of carbonyl (C=O) groups excluding carboxylic acids is 3. The first-order valence-corrected chi connectivity index (χ1v) is 4.06. The molecule has 0 saturated heterocycles. The third-order valence-electron chi connectivity index (χ3n) is 1.24. The zero-order chi connectivity index (χ0) is 10.1. The van der Waals surface area contributed by atoms with E-state index in [4.69, 9.17) is 0 Å². The van der Waals surface area contributed by atoms with Crippen molar-refractivity contribution in [2.24, 2.45) is 0 Å². The molecule has 13 heavy (non-hydrogen) atoms. The summed E-state index contributed by atoms with van der Waals surface area (Å²) in [4.78, 5) is 31.4. The van der Waals surface area contributed by atoms with E-state index in [2.05, 4.69) is 10.1 Å². The summed E-state index contributed by atoms with van der Waals surface area (Å²) in [7, 11) is 0. The van der Waals surface area contributed by atoms with Gasteiger partial charge in [0.05, 0.1) is 19.6 Å². The minimum Gasteiger partial charge on any atom is -0.466 e. The Morgan fingerprint density at radius 3 is 2.62 bits per heavy atom. The van der Waals surface area contributed by atoms with Crippen molar-refractivity contribution in [3.05, 3.63) is 0 Å². The molecule has 0 spiro atoms. The van der Waals surface area contributed by atoms with E-state index in [0.29, 0.717) is 12.9 Å². The fraction of sp³-hybridized carbons (Fsp3) is 0.625. The molecular formula is C8H13NO4. The fourth-order valence-electron chi connectivity index (χ4n) is 0.693. The third kappa shape index (κ3) is 6.99. The lowest BCUT2D eigenvalue weighted by Gasteiger charge is -2.01. The highest BCUT2D eigenvalue weighted by atomic mass is 16.5. The smallest absolute Gasteiger partial charge is 0.306 e. The molecular weight excluding hydrogens is 174 g/mol. The van der Waals surface area contributed by atoms with Crippen molar-refractivity contribution in [1.29, 1.82) is 0 Å². The van der Waals surface area contributed by atoms with Crippen molar-refractivity contribution in [3.63, 3.8) is 0 Å². The van der Waals surface area contributed by atoms with E-state index >= 15 is 0 Å². The summed E-state index contributed by atoms with van der Waals surface area (Å²) < 4.78 is 4.61. The van der Waals surface area contributed by atoms with Crippen LogP contribution in [0.2, 0.25) is 0 Å². The Kier molecular flexibility index (Phi) is 6.49. The second-order valence-corrected chi connectivity index (χ2v) is 2.28. The van der Waals surface area contributed by atoms with Gasteiger partial charge in [0.2, 0.25) is 5.91 Å². The van der Waals surface area contributed by atoms with Crippen molar-refractivity contribution >= 4 is 18.2 Å². The lowest BCUT2D eigenvalue weighted by Crippen LogP contribution is -2.25. The highest BCUT2D eigenvalue weighted by molar-refractivity contribution is 5.82. The number of hydrogen-bond donors (Lipinski definition) is 1. The molecule has 0 radical (unpaired) electrons. The summed E-state index contributed by atoms with van der Waals surface area (Å²) in [6, 6.07) is 0. The summed E-state index contributed by atoms with van der Waals surface area (Å²) >= 11 is 0. The molecule has 5 nitrogen and oxygen atoms in total. The Balaban J connectivity index is 3.45. The monoisotopic (exact) mass is 187 g/mol. The Hall–Kier alpha value is -1.39. The van der Waals surface area contributed by atoms with Gasteiger partial charge in [-0.2, -0.15) is 0 Å². The van der Waals surface area contributed by atoms with E-state index in [9.17, 15) is 14.4 Å². The van der Waals surface area contributed by atoms with Crippen LogP contribution in [0.15, 0.2) is 0 Å². The van der Waals surface area contributed by atoms with Crippen LogP contribution in [0.5, 0.6) is 0 Å². The summed E-state index contributed by atoms with van der Waals surface area (Å²) in [5.41, 5.74) is 0. The van der Waals surface area contributed by atoms with E-state index in [1.807, 2.05) is 0 Å². The number of ether oxygens (including phenoxy) is 1. The zero-order valence-electron chi connectivity index (χ0n) is 7.54. The van der Waals surface area contributed by atoms with Crippen LogP contribution >= 0.6 is 0 Å². The molecule has 0 rings (SSSR count). The number of aldehydes is 1. The summed E-state index contributed by atoms with van der Waals surface area (Å²) in [6.45, 7) is 2.00. The molecule has 0 fully saturated rings. The molecule has 0 aliphatic heterocycles. The van der Waals surface area contributed by atoms with Gasteiger partial charge >= 0.3 is 5.97 Å². The SMILES string of the molecule is CCOC(=O)CCC(=O)NCC=O. The molecule has 1 amide bonds. The number of nitrogens with one attached hydrogen (secondary N) is 1. The lowest BCUT2D eigenvalue weighted by molar-refractivity contribution is -0.144. The van der Waals surface area contributed by atoms with Crippen LogP contribution < -0.4 is 5.32 Å². The summed E-state index contributed by atoms with van der Waals surface area (Å²) in [6.07, 6.45) is 0.702. The molecule has 0 atom stereocenters.